The van der Waals surface area contributed by atoms with Gasteiger partial charge in [0.05, 0.1) is 17.6 Å². The Labute approximate surface area is 134 Å². The lowest BCUT2D eigenvalue weighted by molar-refractivity contribution is -0.138. The number of nitrogen functional groups attached to an aromatic ring is 1. The molecule has 2 aromatic rings. The fourth-order valence-electron chi connectivity index (χ4n) is 2.11. The van der Waals surface area contributed by atoms with Gasteiger partial charge in [0.25, 0.3) is 0 Å². The highest BCUT2D eigenvalue weighted by molar-refractivity contribution is 6.35. The van der Waals surface area contributed by atoms with Crippen molar-refractivity contribution in [3.05, 3.63) is 63.1 Å². The first-order valence-electron chi connectivity index (χ1n) is 6.05. The highest BCUT2D eigenvalue weighted by Crippen LogP contribution is 2.40. The molecule has 2 aromatic carbocycles. The Morgan fingerprint density at radius 1 is 1.05 bits per heavy atom. The lowest BCUT2D eigenvalue weighted by Gasteiger charge is -2.18. The molecule has 0 saturated heterocycles. The van der Waals surface area contributed by atoms with Gasteiger partial charge in [-0.05, 0) is 35.4 Å². The number of hydrogen-bond donors (Lipinski definition) is 1. The van der Waals surface area contributed by atoms with E-state index in [1.165, 1.54) is 30.3 Å². The van der Waals surface area contributed by atoms with Gasteiger partial charge in [0.2, 0.25) is 0 Å². The van der Waals surface area contributed by atoms with Crippen molar-refractivity contribution in [3.63, 3.8) is 0 Å². The second-order valence-corrected chi connectivity index (χ2v) is 5.42. The summed E-state index contributed by atoms with van der Waals surface area (Å²) in [5.74, 6) is -1.18. The van der Waals surface area contributed by atoms with Crippen LogP contribution in [0.25, 0.3) is 0 Å². The van der Waals surface area contributed by atoms with Crippen molar-refractivity contribution in [3.8, 4) is 6.07 Å². The number of alkyl halides is 3. The van der Waals surface area contributed by atoms with Gasteiger partial charge in [0.1, 0.15) is 0 Å². The van der Waals surface area contributed by atoms with Crippen LogP contribution in [-0.2, 0) is 6.18 Å². The summed E-state index contributed by atoms with van der Waals surface area (Å²) >= 11 is 11.8. The molecule has 0 aliphatic carbocycles. The van der Waals surface area contributed by atoms with E-state index in [0.29, 0.717) is 5.02 Å². The molecule has 0 amide bonds. The SMILES string of the molecule is N#CC(c1ccc(Cl)cc1Cl)c1ccc(N)cc1C(F)(F)F. The number of nitrogens with zero attached hydrogens (tertiary/aromatic N) is 1. The van der Waals surface area contributed by atoms with Crippen LogP contribution in [0.2, 0.25) is 10.0 Å². The molecule has 2 N–H and O–H groups in total. The van der Waals surface area contributed by atoms with Gasteiger partial charge in [0, 0.05) is 15.7 Å². The van der Waals surface area contributed by atoms with E-state index in [1.807, 2.05) is 6.07 Å². The third kappa shape index (κ3) is 3.29. The van der Waals surface area contributed by atoms with E-state index in [0.717, 1.165) is 6.07 Å². The Balaban J connectivity index is 2.65. The monoisotopic (exact) mass is 344 g/mol. The molecule has 0 heterocycles. The third-order valence-corrected chi connectivity index (χ3v) is 3.66. The lowest BCUT2D eigenvalue weighted by Crippen LogP contribution is -2.13. The largest absolute Gasteiger partial charge is 0.416 e. The Bertz CT molecular complexity index is 751. The van der Waals surface area contributed by atoms with E-state index >= 15 is 0 Å². The number of benzene rings is 2. The fourth-order valence-corrected chi connectivity index (χ4v) is 2.63. The van der Waals surface area contributed by atoms with E-state index in [2.05, 4.69) is 0 Å². The van der Waals surface area contributed by atoms with Gasteiger partial charge in [-0.2, -0.15) is 18.4 Å². The van der Waals surface area contributed by atoms with Crippen molar-refractivity contribution in [2.45, 2.75) is 12.1 Å². The molecule has 1 unspecified atom stereocenters. The zero-order valence-corrected chi connectivity index (χ0v) is 12.5. The van der Waals surface area contributed by atoms with Gasteiger partial charge in [0.15, 0.2) is 0 Å². The lowest BCUT2D eigenvalue weighted by atomic mass is 9.88. The molecule has 0 fully saturated rings. The maximum atomic E-state index is 13.2. The third-order valence-electron chi connectivity index (χ3n) is 3.10. The van der Waals surface area contributed by atoms with Crippen LogP contribution in [0.4, 0.5) is 18.9 Å². The van der Waals surface area contributed by atoms with Crippen LogP contribution in [0, 0.1) is 11.3 Å². The van der Waals surface area contributed by atoms with Crippen molar-refractivity contribution in [1.29, 1.82) is 5.26 Å². The molecule has 114 valence electrons. The average molecular weight is 345 g/mol. The van der Waals surface area contributed by atoms with Gasteiger partial charge in [-0.3, -0.25) is 0 Å². The predicted molar refractivity (Wildman–Crippen MR) is 79.8 cm³/mol. The molecule has 0 spiro atoms. The van der Waals surface area contributed by atoms with Crippen LogP contribution in [0.1, 0.15) is 22.6 Å². The highest BCUT2D eigenvalue weighted by atomic mass is 35.5. The van der Waals surface area contributed by atoms with Gasteiger partial charge in [-0.1, -0.05) is 35.3 Å². The van der Waals surface area contributed by atoms with E-state index in [9.17, 15) is 18.4 Å². The summed E-state index contributed by atoms with van der Waals surface area (Å²) in [6, 6.07) is 9.47. The van der Waals surface area contributed by atoms with Gasteiger partial charge in [-0.15, -0.1) is 0 Å². The van der Waals surface area contributed by atoms with Crippen LogP contribution < -0.4 is 5.73 Å². The minimum Gasteiger partial charge on any atom is -0.399 e. The molecule has 2 rings (SSSR count). The summed E-state index contributed by atoms with van der Waals surface area (Å²) in [5, 5.41) is 9.81. The summed E-state index contributed by atoms with van der Waals surface area (Å²) in [4.78, 5) is 0. The Morgan fingerprint density at radius 2 is 1.68 bits per heavy atom. The average Bonchev–Trinajstić information content (AvgIpc) is 2.42. The molecule has 0 aliphatic heterocycles. The number of rotatable bonds is 2. The highest BCUT2D eigenvalue weighted by Gasteiger charge is 2.36. The van der Waals surface area contributed by atoms with Crippen LogP contribution in [0.5, 0.6) is 0 Å². The Hall–Kier alpha value is -1.90. The fraction of sp³-hybridized carbons (Fsp3) is 0.133. The first kappa shape index (κ1) is 16.5. The molecule has 2 nitrogen and oxygen atoms in total. The number of anilines is 1. The van der Waals surface area contributed by atoms with Crippen molar-refractivity contribution in [1.82, 2.24) is 0 Å². The normalized spacial score (nSPS) is 12.7. The van der Waals surface area contributed by atoms with Gasteiger partial charge in [-0.25, -0.2) is 0 Å². The molecule has 22 heavy (non-hydrogen) atoms. The van der Waals surface area contributed by atoms with Crippen molar-refractivity contribution < 1.29 is 13.2 Å². The van der Waals surface area contributed by atoms with E-state index in [-0.39, 0.29) is 21.8 Å². The Kier molecular flexibility index (Phi) is 4.55. The van der Waals surface area contributed by atoms with Crippen LogP contribution >= 0.6 is 23.2 Å². The summed E-state index contributed by atoms with van der Waals surface area (Å²) in [7, 11) is 0. The first-order valence-corrected chi connectivity index (χ1v) is 6.81. The second kappa shape index (κ2) is 6.07. The first-order chi connectivity index (χ1) is 10.2. The van der Waals surface area contributed by atoms with Crippen molar-refractivity contribution in [2.24, 2.45) is 0 Å². The quantitative estimate of drug-likeness (QED) is 0.756. The van der Waals surface area contributed by atoms with E-state index in [1.54, 1.807) is 0 Å². The predicted octanol–water partition coefficient (Wildman–Crippen LogP) is 5.25. The minimum absolute atomic E-state index is 0.0324. The summed E-state index contributed by atoms with van der Waals surface area (Å²) in [5.41, 5.74) is 4.49. The Morgan fingerprint density at radius 3 is 2.23 bits per heavy atom. The van der Waals surface area contributed by atoms with Crippen LogP contribution in [0.3, 0.4) is 0 Å². The standard InChI is InChI=1S/C15H9Cl2F3N2/c16-8-1-3-11(14(17)5-8)12(7-21)10-4-2-9(22)6-13(10)15(18,19)20/h1-6,12H,22H2. The summed E-state index contributed by atoms with van der Waals surface area (Å²) in [6.45, 7) is 0. The topological polar surface area (TPSA) is 49.8 Å². The molecule has 0 aliphatic rings. The summed E-state index contributed by atoms with van der Waals surface area (Å²) < 4.78 is 39.6. The number of nitrogens with two attached hydrogens (primary N) is 1. The zero-order valence-electron chi connectivity index (χ0n) is 11.0. The van der Waals surface area contributed by atoms with E-state index in [4.69, 9.17) is 28.9 Å². The van der Waals surface area contributed by atoms with Crippen molar-refractivity contribution >= 4 is 28.9 Å². The van der Waals surface area contributed by atoms with Crippen LogP contribution in [-0.4, -0.2) is 0 Å². The minimum atomic E-state index is -4.63. The maximum absolute atomic E-state index is 13.2. The molecule has 0 saturated carbocycles. The number of nitriles is 1. The van der Waals surface area contributed by atoms with Crippen LogP contribution in [0.15, 0.2) is 36.4 Å². The molecular formula is C15H9Cl2F3N2. The summed E-state index contributed by atoms with van der Waals surface area (Å²) in [6.07, 6.45) is -4.63. The molecular weight excluding hydrogens is 336 g/mol. The molecule has 1 atom stereocenters. The molecule has 0 bridgehead atoms. The van der Waals surface area contributed by atoms with Gasteiger partial charge < -0.3 is 5.73 Å². The number of hydrogen-bond acceptors (Lipinski definition) is 2. The molecule has 7 heteroatoms. The zero-order chi connectivity index (χ0) is 16.5. The molecule has 0 radical (unpaired) electrons. The smallest absolute Gasteiger partial charge is 0.399 e. The van der Waals surface area contributed by atoms with Crippen molar-refractivity contribution in [2.75, 3.05) is 5.73 Å². The number of halogens is 5. The van der Waals surface area contributed by atoms with E-state index < -0.39 is 17.7 Å². The van der Waals surface area contributed by atoms with Gasteiger partial charge >= 0.3 is 6.18 Å². The molecule has 0 aromatic heterocycles. The second-order valence-electron chi connectivity index (χ2n) is 4.57. The maximum Gasteiger partial charge on any atom is 0.416 e.